The predicted molar refractivity (Wildman–Crippen MR) is 20.1 cm³/mol. The van der Waals surface area contributed by atoms with Gasteiger partial charge in [-0.25, -0.2) is 9.59 Å². The van der Waals surface area contributed by atoms with E-state index in [1.54, 1.807) is 0 Å². The van der Waals surface area contributed by atoms with Gasteiger partial charge in [-0.3, -0.25) is 0 Å². The van der Waals surface area contributed by atoms with Gasteiger partial charge in [0.05, 0.1) is 0 Å². The monoisotopic (exact) mass is 153 g/mol. The first-order valence-corrected chi connectivity index (χ1v) is 1.32. The first kappa shape index (κ1) is 16.5. The van der Waals surface area contributed by atoms with Gasteiger partial charge in [0, 0.05) is 0 Å². The Hall–Kier alpha value is 0.900. The van der Waals surface area contributed by atoms with Gasteiger partial charge in [-0.2, -0.15) is 5.90 Å². The molecule has 9 heavy (non-hydrogen) atoms. The van der Waals surface area contributed by atoms with E-state index < -0.39 is 11.9 Å². The molecule has 0 spiro atoms. The van der Waals surface area contributed by atoms with Crippen LogP contribution in [0.3, 0.4) is 0 Å². The number of rotatable bonds is 0. The number of carboxylic acids is 1. The molecule has 5 nitrogen and oxygen atoms in total. The molecule has 0 aliphatic rings. The van der Waals surface area contributed by atoms with E-state index >= 15 is 0 Å². The van der Waals surface area contributed by atoms with Crippen molar-refractivity contribution in [1.82, 2.24) is 0 Å². The molecule has 44 valence electrons. The van der Waals surface area contributed by atoms with Crippen molar-refractivity contribution >= 4 is 11.9 Å². The molecule has 0 radical (unpaired) electrons. The average molecular weight is 153 g/mol. The minimum Gasteiger partial charge on any atom is -1.00 e. The van der Waals surface area contributed by atoms with Crippen LogP contribution in [0.2, 0.25) is 0 Å². The smallest absolute Gasteiger partial charge is 1.00 e. The van der Waals surface area contributed by atoms with Crippen LogP contribution in [0.5, 0.6) is 0 Å². The molecule has 0 bridgehead atoms. The van der Waals surface area contributed by atoms with Crippen LogP contribution in [-0.2, 0) is 14.4 Å². The molecule has 3 N–H and O–H groups in total. The molecule has 0 aliphatic heterocycles. The molecule has 0 saturated carbocycles. The number of carboxylic acid groups (broad SMARTS) is 1. The zero-order valence-electron chi connectivity index (χ0n) is 7.25. The molecule has 7 heteroatoms. The average Bonchev–Trinajstić information content (AvgIpc) is 1.65. The van der Waals surface area contributed by atoms with Gasteiger partial charge in [0.25, 0.3) is 0 Å². The zero-order valence-corrected chi connectivity index (χ0v) is 9.25. The fourth-order valence-electron chi connectivity index (χ4n) is 0.0504. The molecule has 0 saturated heterocycles. The number of carbonyl (C=O) groups is 2. The summed E-state index contributed by atoms with van der Waals surface area (Å²) in [4.78, 5) is 22.2. The van der Waals surface area contributed by atoms with E-state index in [1.807, 2.05) is 0 Å². The summed E-state index contributed by atoms with van der Waals surface area (Å²) in [5, 5.41) is 7.63. The summed E-state index contributed by atoms with van der Waals surface area (Å²) in [6.45, 7) is 0. The van der Waals surface area contributed by atoms with Crippen LogP contribution in [0.25, 0.3) is 0 Å². The number of carbonyl (C=O) groups excluding carboxylic acids is 1. The van der Waals surface area contributed by atoms with E-state index in [4.69, 9.17) is 5.11 Å². The van der Waals surface area contributed by atoms with Crippen molar-refractivity contribution in [2.75, 3.05) is 0 Å². The summed E-state index contributed by atoms with van der Waals surface area (Å²) in [5.74, 6) is 0.992. The van der Waals surface area contributed by atoms with Crippen LogP contribution in [0.15, 0.2) is 0 Å². The standard InChI is InChI=1S/C2H3NO4.2Na.2H/c3-7-2(6)1(4)5;;;;/h3H2,(H,4,5);;;;/q;2*+1;2*-1. The summed E-state index contributed by atoms with van der Waals surface area (Å²) in [7, 11) is 0. The number of aliphatic carboxylic acids is 1. The Morgan fingerprint density at radius 1 is 1.44 bits per heavy atom. The van der Waals surface area contributed by atoms with E-state index in [2.05, 4.69) is 10.7 Å². The minimum absolute atomic E-state index is 0. The molecule has 0 aromatic carbocycles. The van der Waals surface area contributed by atoms with E-state index in [1.165, 1.54) is 0 Å². The Kier molecular flexibility index (Phi) is 16.3. The zero-order chi connectivity index (χ0) is 5.86. The third-order valence-electron chi connectivity index (χ3n) is 0.282. The Labute approximate surface area is 98.4 Å². The Morgan fingerprint density at radius 2 is 1.78 bits per heavy atom. The molecule has 0 aromatic heterocycles. The first-order valence-electron chi connectivity index (χ1n) is 1.32. The van der Waals surface area contributed by atoms with Crippen molar-refractivity contribution in [1.29, 1.82) is 0 Å². The summed E-state index contributed by atoms with van der Waals surface area (Å²) in [5.41, 5.74) is 0. The van der Waals surface area contributed by atoms with Gasteiger partial charge in [-0.1, -0.05) is 0 Å². The number of hydrogen-bond acceptors (Lipinski definition) is 4. The van der Waals surface area contributed by atoms with Gasteiger partial charge in [0.15, 0.2) is 0 Å². The van der Waals surface area contributed by atoms with E-state index in [9.17, 15) is 9.59 Å². The molecule has 0 aliphatic carbocycles. The van der Waals surface area contributed by atoms with Crippen LogP contribution in [-0.4, -0.2) is 17.0 Å². The fraction of sp³-hybridized carbons (Fsp3) is 0. The molecular formula is C2H5NNa2O4. The maximum absolute atomic E-state index is 9.56. The first-order chi connectivity index (χ1) is 3.18. The predicted octanol–water partition coefficient (Wildman–Crippen LogP) is -7.28. The van der Waals surface area contributed by atoms with E-state index in [-0.39, 0.29) is 62.0 Å². The van der Waals surface area contributed by atoms with Crippen molar-refractivity contribution in [3.63, 3.8) is 0 Å². The fourth-order valence-corrected chi connectivity index (χ4v) is 0.0504. The Morgan fingerprint density at radius 3 is 1.78 bits per heavy atom. The van der Waals surface area contributed by atoms with Gasteiger partial charge in [-0.05, 0) is 0 Å². The van der Waals surface area contributed by atoms with Crippen LogP contribution in [0.4, 0.5) is 0 Å². The molecular weight excluding hydrogens is 148 g/mol. The SMILES string of the molecule is NOC(=O)C(=O)O.[H-].[H-].[Na+].[Na+]. The normalized spacial score (nSPS) is 5.89. The topological polar surface area (TPSA) is 89.6 Å². The summed E-state index contributed by atoms with van der Waals surface area (Å²) in [6, 6.07) is 0. The van der Waals surface area contributed by atoms with Gasteiger partial charge in [-0.15, -0.1) is 0 Å². The summed E-state index contributed by atoms with van der Waals surface area (Å²) < 4.78 is 0. The summed E-state index contributed by atoms with van der Waals surface area (Å²) >= 11 is 0. The van der Waals surface area contributed by atoms with Crippen molar-refractivity contribution in [2.24, 2.45) is 5.90 Å². The minimum atomic E-state index is -1.69. The molecule has 0 rings (SSSR count). The second-order valence-electron chi connectivity index (χ2n) is 0.710. The largest absolute Gasteiger partial charge is 1.00 e. The van der Waals surface area contributed by atoms with E-state index in [0.29, 0.717) is 0 Å². The molecule has 0 amide bonds. The Balaban J connectivity index is -0.0000000300. The molecule has 0 fully saturated rings. The van der Waals surface area contributed by atoms with Crippen LogP contribution < -0.4 is 65.0 Å². The van der Waals surface area contributed by atoms with Crippen LogP contribution >= 0.6 is 0 Å². The van der Waals surface area contributed by atoms with Crippen LogP contribution in [0.1, 0.15) is 2.85 Å². The van der Waals surface area contributed by atoms with Gasteiger partial charge < -0.3 is 12.8 Å². The van der Waals surface area contributed by atoms with E-state index in [0.717, 1.165) is 0 Å². The Bertz CT molecular complexity index is 112. The maximum Gasteiger partial charge on any atom is 1.00 e. The maximum atomic E-state index is 9.56. The van der Waals surface area contributed by atoms with Gasteiger partial charge >= 0.3 is 71.1 Å². The molecule has 0 unspecified atom stereocenters. The van der Waals surface area contributed by atoms with Crippen molar-refractivity contribution in [3.8, 4) is 0 Å². The van der Waals surface area contributed by atoms with Crippen molar-refractivity contribution in [2.45, 2.75) is 0 Å². The quantitative estimate of drug-likeness (QED) is 0.205. The van der Waals surface area contributed by atoms with Crippen LogP contribution in [0, 0.1) is 0 Å². The van der Waals surface area contributed by atoms with Crippen molar-refractivity contribution in [3.05, 3.63) is 0 Å². The molecule has 0 atom stereocenters. The molecule has 0 heterocycles. The van der Waals surface area contributed by atoms with Gasteiger partial charge in [0.2, 0.25) is 0 Å². The van der Waals surface area contributed by atoms with Crippen molar-refractivity contribution < 1.29 is 81.5 Å². The second-order valence-corrected chi connectivity index (χ2v) is 0.710. The third-order valence-corrected chi connectivity index (χ3v) is 0.282. The number of nitrogens with two attached hydrogens (primary N) is 1. The summed E-state index contributed by atoms with van der Waals surface area (Å²) in [6.07, 6.45) is 0. The molecule has 0 aromatic rings. The second kappa shape index (κ2) is 8.90. The van der Waals surface area contributed by atoms with Gasteiger partial charge in [0.1, 0.15) is 0 Å². The third kappa shape index (κ3) is 8.90. The number of hydrogen-bond donors (Lipinski definition) is 2.